The van der Waals surface area contributed by atoms with Crippen LogP contribution < -0.4 is 0 Å². The Labute approximate surface area is 121 Å². The highest BCUT2D eigenvalue weighted by Gasteiger charge is 2.25. The van der Waals surface area contributed by atoms with Gasteiger partial charge in [-0.1, -0.05) is 31.2 Å². The number of carbonyl (C=O) groups excluding carboxylic acids is 1. The molecule has 1 aliphatic rings. The van der Waals surface area contributed by atoms with E-state index in [1.54, 1.807) is 0 Å². The van der Waals surface area contributed by atoms with Crippen molar-refractivity contribution in [1.29, 1.82) is 0 Å². The lowest BCUT2D eigenvalue weighted by molar-refractivity contribution is -0.135. The van der Waals surface area contributed by atoms with Crippen molar-refractivity contribution in [2.24, 2.45) is 0 Å². The second kappa shape index (κ2) is 7.44. The lowest BCUT2D eigenvalue weighted by Gasteiger charge is -2.34. The fraction of sp³-hybridized carbons (Fsp3) is 0.588. The molecule has 1 aromatic carbocycles. The summed E-state index contributed by atoms with van der Waals surface area (Å²) in [5, 5.41) is 9.36. The quantitative estimate of drug-likeness (QED) is 0.897. The summed E-state index contributed by atoms with van der Waals surface area (Å²) in [6, 6.07) is 8.55. The van der Waals surface area contributed by atoms with E-state index in [1.807, 2.05) is 4.90 Å². The number of benzene rings is 1. The van der Waals surface area contributed by atoms with Crippen LogP contribution in [0.15, 0.2) is 24.3 Å². The minimum Gasteiger partial charge on any atom is -0.394 e. The van der Waals surface area contributed by atoms with Crippen molar-refractivity contribution in [3.63, 3.8) is 0 Å². The van der Waals surface area contributed by atoms with Crippen molar-refractivity contribution in [1.82, 2.24) is 4.90 Å². The Morgan fingerprint density at radius 2 is 1.95 bits per heavy atom. The van der Waals surface area contributed by atoms with Gasteiger partial charge in [-0.3, -0.25) is 4.79 Å². The predicted octanol–water partition coefficient (Wildman–Crippen LogP) is 2.56. The first kappa shape index (κ1) is 15.0. The van der Waals surface area contributed by atoms with Gasteiger partial charge in [0.05, 0.1) is 12.6 Å². The third-order valence-electron chi connectivity index (χ3n) is 4.22. The topological polar surface area (TPSA) is 40.5 Å². The summed E-state index contributed by atoms with van der Waals surface area (Å²) >= 11 is 0. The molecule has 1 aliphatic heterocycles. The zero-order chi connectivity index (χ0) is 14.4. The Hall–Kier alpha value is -1.35. The second-order valence-corrected chi connectivity index (χ2v) is 5.59. The predicted molar refractivity (Wildman–Crippen MR) is 80.6 cm³/mol. The number of aliphatic hydroxyl groups excluding tert-OH is 1. The van der Waals surface area contributed by atoms with Crippen molar-refractivity contribution in [3.05, 3.63) is 35.4 Å². The molecule has 3 heteroatoms. The van der Waals surface area contributed by atoms with Gasteiger partial charge in [0.25, 0.3) is 0 Å². The summed E-state index contributed by atoms with van der Waals surface area (Å²) in [6.07, 6.45) is 5.50. The van der Waals surface area contributed by atoms with Gasteiger partial charge in [-0.25, -0.2) is 0 Å². The molecular formula is C17H25NO2. The Balaban J connectivity index is 1.87. The van der Waals surface area contributed by atoms with Gasteiger partial charge >= 0.3 is 0 Å². The average molecular weight is 275 g/mol. The van der Waals surface area contributed by atoms with Gasteiger partial charge in [-0.15, -0.1) is 0 Å². The van der Waals surface area contributed by atoms with Crippen molar-refractivity contribution in [2.45, 2.75) is 51.5 Å². The van der Waals surface area contributed by atoms with Crippen LogP contribution in [0.4, 0.5) is 0 Å². The number of carbonyl (C=O) groups is 1. The van der Waals surface area contributed by atoms with Gasteiger partial charge in [0, 0.05) is 13.0 Å². The minimum absolute atomic E-state index is 0.0405. The molecule has 1 fully saturated rings. The molecule has 1 unspecified atom stereocenters. The SMILES string of the molecule is CCc1ccc(CCC(=O)N2CCCCC2CO)cc1. The van der Waals surface area contributed by atoms with Crippen molar-refractivity contribution >= 4 is 5.91 Å². The van der Waals surface area contributed by atoms with Crippen LogP contribution in [0.3, 0.4) is 0 Å². The Kier molecular flexibility index (Phi) is 5.60. The van der Waals surface area contributed by atoms with E-state index in [2.05, 4.69) is 31.2 Å². The molecule has 3 nitrogen and oxygen atoms in total. The average Bonchev–Trinajstić information content (AvgIpc) is 2.53. The van der Waals surface area contributed by atoms with Crippen molar-refractivity contribution in [2.75, 3.05) is 13.2 Å². The molecule has 0 aliphatic carbocycles. The number of hydrogen-bond acceptors (Lipinski definition) is 2. The van der Waals surface area contributed by atoms with Crippen molar-refractivity contribution in [3.8, 4) is 0 Å². The molecule has 1 amide bonds. The number of piperidine rings is 1. The fourth-order valence-electron chi connectivity index (χ4n) is 2.86. The smallest absolute Gasteiger partial charge is 0.223 e. The molecule has 1 atom stereocenters. The second-order valence-electron chi connectivity index (χ2n) is 5.59. The lowest BCUT2D eigenvalue weighted by Crippen LogP contribution is -2.45. The maximum Gasteiger partial charge on any atom is 0.223 e. The minimum atomic E-state index is 0.0405. The maximum atomic E-state index is 12.3. The maximum absolute atomic E-state index is 12.3. The zero-order valence-electron chi connectivity index (χ0n) is 12.3. The number of aryl methyl sites for hydroxylation is 2. The van der Waals surface area contributed by atoms with E-state index in [1.165, 1.54) is 11.1 Å². The fourth-order valence-corrected chi connectivity index (χ4v) is 2.86. The normalized spacial score (nSPS) is 19.1. The van der Waals surface area contributed by atoms with E-state index < -0.39 is 0 Å². The summed E-state index contributed by atoms with van der Waals surface area (Å²) in [5.41, 5.74) is 2.55. The first-order valence-electron chi connectivity index (χ1n) is 7.72. The molecule has 0 spiro atoms. The molecule has 1 heterocycles. The number of nitrogens with zero attached hydrogens (tertiary/aromatic N) is 1. The van der Waals surface area contributed by atoms with Crippen LogP contribution in [0.2, 0.25) is 0 Å². The summed E-state index contributed by atoms with van der Waals surface area (Å²) in [4.78, 5) is 14.2. The Bertz CT molecular complexity index is 427. The van der Waals surface area contributed by atoms with Crippen LogP contribution in [0.25, 0.3) is 0 Å². The Morgan fingerprint density at radius 3 is 2.60 bits per heavy atom. The van der Waals surface area contributed by atoms with E-state index in [0.717, 1.165) is 38.6 Å². The first-order valence-corrected chi connectivity index (χ1v) is 7.72. The van der Waals surface area contributed by atoms with E-state index in [4.69, 9.17) is 0 Å². The summed E-state index contributed by atoms with van der Waals surface area (Å²) < 4.78 is 0. The van der Waals surface area contributed by atoms with E-state index >= 15 is 0 Å². The van der Waals surface area contributed by atoms with Crippen LogP contribution in [-0.4, -0.2) is 35.1 Å². The third kappa shape index (κ3) is 3.83. The summed E-state index contributed by atoms with van der Waals surface area (Å²) in [6.45, 7) is 3.04. The van der Waals surface area contributed by atoms with Crippen LogP contribution in [-0.2, 0) is 17.6 Å². The highest BCUT2D eigenvalue weighted by Crippen LogP contribution is 2.18. The molecule has 0 bridgehead atoms. The summed E-state index contributed by atoms with van der Waals surface area (Å²) in [7, 11) is 0. The van der Waals surface area contributed by atoms with Crippen LogP contribution in [0, 0.1) is 0 Å². The molecule has 1 N–H and O–H groups in total. The van der Waals surface area contributed by atoms with E-state index in [9.17, 15) is 9.90 Å². The number of aliphatic hydroxyl groups is 1. The largest absolute Gasteiger partial charge is 0.394 e. The standard InChI is InChI=1S/C17H25NO2/c1-2-14-6-8-15(9-7-14)10-11-17(20)18-12-4-3-5-16(18)13-19/h6-9,16,19H,2-5,10-13H2,1H3. The van der Waals surface area contributed by atoms with Gasteiger partial charge in [-0.05, 0) is 43.2 Å². The van der Waals surface area contributed by atoms with Crippen molar-refractivity contribution < 1.29 is 9.90 Å². The Morgan fingerprint density at radius 1 is 1.25 bits per heavy atom. The highest BCUT2D eigenvalue weighted by atomic mass is 16.3. The number of amides is 1. The van der Waals surface area contributed by atoms with E-state index in [0.29, 0.717) is 6.42 Å². The van der Waals surface area contributed by atoms with Gasteiger partial charge in [0.2, 0.25) is 5.91 Å². The van der Waals surface area contributed by atoms with Crippen LogP contribution >= 0.6 is 0 Å². The molecule has 1 saturated heterocycles. The molecule has 2 rings (SSSR count). The molecule has 20 heavy (non-hydrogen) atoms. The molecule has 0 saturated carbocycles. The van der Waals surface area contributed by atoms with Gasteiger partial charge in [-0.2, -0.15) is 0 Å². The monoisotopic (exact) mass is 275 g/mol. The van der Waals surface area contributed by atoms with Gasteiger partial charge < -0.3 is 10.0 Å². The zero-order valence-corrected chi connectivity index (χ0v) is 12.3. The van der Waals surface area contributed by atoms with Gasteiger partial charge in [0.15, 0.2) is 0 Å². The lowest BCUT2D eigenvalue weighted by atomic mass is 10.0. The molecule has 0 radical (unpaired) electrons. The molecule has 110 valence electrons. The van der Waals surface area contributed by atoms with Crippen LogP contribution in [0.5, 0.6) is 0 Å². The summed E-state index contributed by atoms with van der Waals surface area (Å²) in [5.74, 6) is 0.184. The molecule has 0 aromatic heterocycles. The van der Waals surface area contributed by atoms with Crippen LogP contribution in [0.1, 0.15) is 43.7 Å². The third-order valence-corrected chi connectivity index (χ3v) is 4.22. The number of likely N-dealkylation sites (tertiary alicyclic amines) is 1. The highest BCUT2D eigenvalue weighted by molar-refractivity contribution is 5.77. The van der Waals surface area contributed by atoms with E-state index in [-0.39, 0.29) is 18.6 Å². The number of rotatable bonds is 5. The van der Waals surface area contributed by atoms with Gasteiger partial charge in [0.1, 0.15) is 0 Å². The first-order chi connectivity index (χ1) is 9.74. The molecule has 1 aromatic rings. The number of hydrogen-bond donors (Lipinski definition) is 1. The molecular weight excluding hydrogens is 250 g/mol.